The summed E-state index contributed by atoms with van der Waals surface area (Å²) in [4.78, 5) is 25.6. The molecule has 20 heavy (non-hydrogen) atoms. The minimum Gasteiger partial charge on any atom is -0.465 e. The van der Waals surface area contributed by atoms with Gasteiger partial charge in [-0.15, -0.1) is 0 Å². The Bertz CT molecular complexity index is 497. The van der Waals surface area contributed by atoms with Crippen LogP contribution in [-0.4, -0.2) is 49.2 Å². The van der Waals surface area contributed by atoms with Gasteiger partial charge < -0.3 is 14.4 Å². The van der Waals surface area contributed by atoms with Gasteiger partial charge in [-0.05, 0) is 38.1 Å². The topological polar surface area (TPSA) is 55.8 Å². The van der Waals surface area contributed by atoms with E-state index in [1.165, 1.54) is 7.11 Å². The first-order valence-corrected chi connectivity index (χ1v) is 6.64. The zero-order valence-electron chi connectivity index (χ0n) is 12.0. The Morgan fingerprint density at radius 3 is 2.40 bits per heavy atom. The molecule has 0 N–H and O–H groups in total. The van der Waals surface area contributed by atoms with Gasteiger partial charge in [0.25, 0.3) is 5.91 Å². The van der Waals surface area contributed by atoms with E-state index in [0.717, 1.165) is 0 Å². The molecule has 5 heteroatoms. The Morgan fingerprint density at radius 1 is 1.20 bits per heavy atom. The lowest BCUT2D eigenvalue weighted by Crippen LogP contribution is -2.50. The lowest BCUT2D eigenvalue weighted by atomic mass is 10.1. The van der Waals surface area contributed by atoms with Gasteiger partial charge in [0.2, 0.25) is 0 Å². The van der Waals surface area contributed by atoms with Crippen molar-refractivity contribution >= 4 is 11.9 Å². The molecular formula is C15H19NO4. The van der Waals surface area contributed by atoms with E-state index in [2.05, 4.69) is 4.74 Å². The fourth-order valence-corrected chi connectivity index (χ4v) is 2.22. The first kappa shape index (κ1) is 14.5. The lowest BCUT2D eigenvalue weighted by Gasteiger charge is -2.36. The standard InChI is InChI=1S/C15H19NO4/c1-10-9-20-11(2)8-16(10)14(17)12-4-6-13(7-5-12)15(18)19-3/h4-7,10-11H,8-9H2,1-3H3. The van der Waals surface area contributed by atoms with Crippen LogP contribution >= 0.6 is 0 Å². The SMILES string of the molecule is COC(=O)c1ccc(C(=O)N2CC(C)OCC2C)cc1. The van der Waals surface area contributed by atoms with Gasteiger partial charge in [0.15, 0.2) is 0 Å². The Kier molecular flexibility index (Phi) is 4.39. The minimum atomic E-state index is -0.405. The molecule has 1 heterocycles. The molecule has 1 aliphatic rings. The van der Waals surface area contributed by atoms with Crippen LogP contribution in [-0.2, 0) is 9.47 Å². The Labute approximate surface area is 118 Å². The predicted octanol–water partition coefficient (Wildman–Crippen LogP) is 1.72. The summed E-state index contributed by atoms with van der Waals surface area (Å²) in [6.07, 6.45) is 0.0458. The van der Waals surface area contributed by atoms with Crippen LogP contribution in [0.4, 0.5) is 0 Å². The second-order valence-corrected chi connectivity index (χ2v) is 5.02. The van der Waals surface area contributed by atoms with Gasteiger partial charge in [-0.2, -0.15) is 0 Å². The highest BCUT2D eigenvalue weighted by atomic mass is 16.5. The summed E-state index contributed by atoms with van der Waals surface area (Å²) in [5.41, 5.74) is 1.01. The third-order valence-corrected chi connectivity index (χ3v) is 3.42. The molecule has 1 aliphatic heterocycles. The van der Waals surface area contributed by atoms with Crippen molar-refractivity contribution in [1.82, 2.24) is 4.90 Å². The van der Waals surface area contributed by atoms with Crippen molar-refractivity contribution in [2.24, 2.45) is 0 Å². The van der Waals surface area contributed by atoms with Crippen molar-refractivity contribution in [3.05, 3.63) is 35.4 Å². The number of methoxy groups -OCH3 is 1. The highest BCUT2D eigenvalue weighted by molar-refractivity contribution is 5.96. The zero-order valence-corrected chi connectivity index (χ0v) is 12.0. The summed E-state index contributed by atoms with van der Waals surface area (Å²) < 4.78 is 10.1. The maximum absolute atomic E-state index is 12.5. The van der Waals surface area contributed by atoms with E-state index >= 15 is 0 Å². The molecule has 0 saturated carbocycles. The molecule has 5 nitrogen and oxygen atoms in total. The number of carbonyl (C=O) groups is 2. The number of esters is 1. The van der Waals surface area contributed by atoms with E-state index in [4.69, 9.17) is 4.74 Å². The lowest BCUT2D eigenvalue weighted by molar-refractivity contribution is -0.0387. The summed E-state index contributed by atoms with van der Waals surface area (Å²) in [5.74, 6) is -0.443. The molecular weight excluding hydrogens is 258 g/mol. The summed E-state index contributed by atoms with van der Waals surface area (Å²) in [6.45, 7) is 5.05. The van der Waals surface area contributed by atoms with Crippen LogP contribution in [0, 0.1) is 0 Å². The third-order valence-electron chi connectivity index (χ3n) is 3.42. The molecule has 1 saturated heterocycles. The average molecular weight is 277 g/mol. The fourth-order valence-electron chi connectivity index (χ4n) is 2.22. The van der Waals surface area contributed by atoms with E-state index in [-0.39, 0.29) is 18.1 Å². The minimum absolute atomic E-state index is 0.0379. The summed E-state index contributed by atoms with van der Waals surface area (Å²) in [5, 5.41) is 0. The Balaban J connectivity index is 2.14. The molecule has 1 aromatic carbocycles. The molecule has 0 radical (unpaired) electrons. The molecule has 2 rings (SSSR count). The third kappa shape index (κ3) is 2.99. The van der Waals surface area contributed by atoms with Gasteiger partial charge in [0, 0.05) is 12.1 Å². The summed E-state index contributed by atoms with van der Waals surface area (Å²) in [7, 11) is 1.33. The molecule has 2 atom stereocenters. The van der Waals surface area contributed by atoms with Crippen LogP contribution in [0.5, 0.6) is 0 Å². The van der Waals surface area contributed by atoms with Crippen molar-refractivity contribution in [2.75, 3.05) is 20.3 Å². The Hall–Kier alpha value is -1.88. The largest absolute Gasteiger partial charge is 0.465 e. The zero-order chi connectivity index (χ0) is 14.7. The number of nitrogens with zero attached hydrogens (tertiary/aromatic N) is 1. The highest BCUT2D eigenvalue weighted by Gasteiger charge is 2.28. The van der Waals surface area contributed by atoms with Crippen LogP contribution in [0.15, 0.2) is 24.3 Å². The summed E-state index contributed by atoms with van der Waals surface area (Å²) >= 11 is 0. The number of rotatable bonds is 2. The van der Waals surface area contributed by atoms with Crippen molar-refractivity contribution in [2.45, 2.75) is 26.0 Å². The van der Waals surface area contributed by atoms with E-state index in [1.54, 1.807) is 29.2 Å². The Morgan fingerprint density at radius 2 is 1.80 bits per heavy atom. The highest BCUT2D eigenvalue weighted by Crippen LogP contribution is 2.16. The number of morpholine rings is 1. The van der Waals surface area contributed by atoms with Gasteiger partial charge in [-0.25, -0.2) is 4.79 Å². The molecule has 108 valence electrons. The maximum Gasteiger partial charge on any atom is 0.337 e. The van der Waals surface area contributed by atoms with E-state index in [0.29, 0.717) is 24.3 Å². The van der Waals surface area contributed by atoms with E-state index in [1.807, 2.05) is 13.8 Å². The normalized spacial score (nSPS) is 22.4. The van der Waals surface area contributed by atoms with Crippen molar-refractivity contribution in [3.8, 4) is 0 Å². The van der Waals surface area contributed by atoms with E-state index in [9.17, 15) is 9.59 Å². The number of amides is 1. The predicted molar refractivity (Wildman–Crippen MR) is 73.7 cm³/mol. The van der Waals surface area contributed by atoms with Crippen LogP contribution < -0.4 is 0 Å². The molecule has 0 aliphatic carbocycles. The van der Waals surface area contributed by atoms with Gasteiger partial charge in [-0.3, -0.25) is 4.79 Å². The molecule has 1 fully saturated rings. The van der Waals surface area contributed by atoms with Crippen LogP contribution in [0.25, 0.3) is 0 Å². The van der Waals surface area contributed by atoms with Crippen molar-refractivity contribution in [3.63, 3.8) is 0 Å². The number of carbonyl (C=O) groups excluding carboxylic acids is 2. The molecule has 1 aromatic rings. The van der Waals surface area contributed by atoms with Crippen LogP contribution in [0.2, 0.25) is 0 Å². The van der Waals surface area contributed by atoms with Crippen LogP contribution in [0.1, 0.15) is 34.6 Å². The first-order valence-electron chi connectivity index (χ1n) is 6.64. The number of benzene rings is 1. The smallest absolute Gasteiger partial charge is 0.337 e. The van der Waals surface area contributed by atoms with Gasteiger partial charge >= 0.3 is 5.97 Å². The molecule has 0 bridgehead atoms. The number of hydrogen-bond acceptors (Lipinski definition) is 4. The number of ether oxygens (including phenoxy) is 2. The van der Waals surface area contributed by atoms with Gasteiger partial charge in [0.05, 0.1) is 31.4 Å². The van der Waals surface area contributed by atoms with Crippen LogP contribution in [0.3, 0.4) is 0 Å². The van der Waals surface area contributed by atoms with Crippen molar-refractivity contribution in [1.29, 1.82) is 0 Å². The van der Waals surface area contributed by atoms with Gasteiger partial charge in [-0.1, -0.05) is 0 Å². The van der Waals surface area contributed by atoms with Crippen molar-refractivity contribution < 1.29 is 19.1 Å². The summed E-state index contributed by atoms with van der Waals surface area (Å²) in [6, 6.07) is 6.57. The molecule has 0 aromatic heterocycles. The second-order valence-electron chi connectivity index (χ2n) is 5.02. The first-order chi connectivity index (χ1) is 9.52. The molecule has 1 amide bonds. The maximum atomic E-state index is 12.5. The van der Waals surface area contributed by atoms with Gasteiger partial charge in [0.1, 0.15) is 0 Å². The number of hydrogen-bond donors (Lipinski definition) is 0. The fraction of sp³-hybridized carbons (Fsp3) is 0.467. The molecule has 0 spiro atoms. The van der Waals surface area contributed by atoms with E-state index < -0.39 is 5.97 Å². The quantitative estimate of drug-likeness (QED) is 0.772. The second kappa shape index (κ2) is 6.05. The monoisotopic (exact) mass is 277 g/mol. The molecule has 2 unspecified atom stereocenters. The average Bonchev–Trinajstić information content (AvgIpc) is 2.48.